The van der Waals surface area contributed by atoms with Crippen LogP contribution in [0, 0.1) is 11.3 Å². The Labute approximate surface area is 166 Å². The molecule has 0 atom stereocenters. The highest BCUT2D eigenvalue weighted by molar-refractivity contribution is 9.10. The molecule has 4 nitrogen and oxygen atoms in total. The first-order chi connectivity index (χ1) is 12.7. The molecule has 3 rings (SSSR count). The Morgan fingerprint density at radius 1 is 1.04 bits per heavy atom. The minimum atomic E-state index is 0.194. The van der Waals surface area contributed by atoms with Gasteiger partial charge in [0.1, 0.15) is 0 Å². The smallest absolute Gasteiger partial charge is 0.232 e. The number of carbonyl (C=O) groups excluding carboxylic acids is 1. The average Bonchev–Trinajstić information content (AvgIpc) is 2.94. The van der Waals surface area contributed by atoms with Crippen molar-refractivity contribution in [2.24, 2.45) is 0 Å². The maximum absolute atomic E-state index is 12.6. The highest BCUT2D eigenvalue weighted by Gasteiger charge is 2.19. The summed E-state index contributed by atoms with van der Waals surface area (Å²) >= 11 is 5.01. The van der Waals surface area contributed by atoms with Crippen molar-refractivity contribution in [2.45, 2.75) is 11.3 Å². The quantitative estimate of drug-likeness (QED) is 0.684. The highest BCUT2D eigenvalue weighted by atomic mass is 79.9. The molecule has 0 spiro atoms. The molecule has 1 aliphatic heterocycles. The van der Waals surface area contributed by atoms with E-state index in [0.29, 0.717) is 11.3 Å². The average molecular weight is 430 g/mol. The first kappa shape index (κ1) is 18.8. The standard InChI is InChI=1S/C20H20BrN3OS/c21-17-4-8-19(9-5-17)26-15-20(25)24-11-1-10-23(12-13-24)18-6-2-16(14-22)3-7-18/h2-9H,1,10-13,15H2. The van der Waals surface area contributed by atoms with E-state index in [2.05, 4.69) is 26.9 Å². The maximum Gasteiger partial charge on any atom is 0.232 e. The summed E-state index contributed by atoms with van der Waals surface area (Å²) in [5, 5.41) is 8.91. The largest absolute Gasteiger partial charge is 0.370 e. The summed E-state index contributed by atoms with van der Waals surface area (Å²) in [5.41, 5.74) is 1.79. The normalized spacial score (nSPS) is 14.6. The zero-order valence-electron chi connectivity index (χ0n) is 14.4. The summed E-state index contributed by atoms with van der Waals surface area (Å²) < 4.78 is 1.04. The van der Waals surface area contributed by atoms with E-state index >= 15 is 0 Å². The first-order valence-electron chi connectivity index (χ1n) is 8.57. The van der Waals surface area contributed by atoms with Crippen LogP contribution < -0.4 is 4.90 Å². The van der Waals surface area contributed by atoms with Gasteiger partial charge in [0.15, 0.2) is 0 Å². The lowest BCUT2D eigenvalue weighted by atomic mass is 10.2. The molecule has 0 aliphatic carbocycles. The van der Waals surface area contributed by atoms with Gasteiger partial charge in [-0.3, -0.25) is 4.79 Å². The molecule has 0 N–H and O–H groups in total. The minimum absolute atomic E-state index is 0.194. The van der Waals surface area contributed by atoms with Gasteiger partial charge in [-0.05, 0) is 55.0 Å². The number of benzene rings is 2. The van der Waals surface area contributed by atoms with E-state index in [-0.39, 0.29) is 5.91 Å². The van der Waals surface area contributed by atoms with Crippen LogP contribution in [0.3, 0.4) is 0 Å². The summed E-state index contributed by atoms with van der Waals surface area (Å²) in [6, 6.07) is 17.8. The number of anilines is 1. The van der Waals surface area contributed by atoms with E-state index in [0.717, 1.165) is 47.7 Å². The van der Waals surface area contributed by atoms with Gasteiger partial charge in [-0.25, -0.2) is 0 Å². The van der Waals surface area contributed by atoms with E-state index in [1.807, 2.05) is 53.4 Å². The molecular formula is C20H20BrN3OS. The third-order valence-electron chi connectivity index (χ3n) is 4.39. The van der Waals surface area contributed by atoms with Gasteiger partial charge in [-0.1, -0.05) is 15.9 Å². The van der Waals surface area contributed by atoms with Gasteiger partial charge < -0.3 is 9.80 Å². The van der Waals surface area contributed by atoms with Crippen molar-refractivity contribution in [1.82, 2.24) is 4.90 Å². The Hall–Kier alpha value is -1.97. The number of hydrogen-bond acceptors (Lipinski definition) is 4. The molecule has 0 aromatic heterocycles. The Balaban J connectivity index is 1.53. The van der Waals surface area contributed by atoms with E-state index < -0.39 is 0 Å². The van der Waals surface area contributed by atoms with Crippen molar-refractivity contribution < 1.29 is 4.79 Å². The number of thioether (sulfide) groups is 1. The van der Waals surface area contributed by atoms with Gasteiger partial charge in [0, 0.05) is 41.2 Å². The van der Waals surface area contributed by atoms with Crippen LogP contribution in [-0.2, 0) is 4.79 Å². The molecule has 0 bridgehead atoms. The molecule has 1 heterocycles. The van der Waals surface area contributed by atoms with Crippen LogP contribution in [0.5, 0.6) is 0 Å². The Kier molecular flexibility index (Phi) is 6.59. The monoisotopic (exact) mass is 429 g/mol. The Morgan fingerprint density at radius 3 is 2.46 bits per heavy atom. The second kappa shape index (κ2) is 9.11. The molecule has 1 amide bonds. The predicted molar refractivity (Wildman–Crippen MR) is 109 cm³/mol. The zero-order chi connectivity index (χ0) is 18.4. The number of carbonyl (C=O) groups is 1. The summed E-state index contributed by atoms with van der Waals surface area (Å²) in [4.78, 5) is 17.9. The molecule has 2 aromatic rings. The van der Waals surface area contributed by atoms with Crippen molar-refractivity contribution in [3.05, 3.63) is 58.6 Å². The van der Waals surface area contributed by atoms with Crippen LogP contribution >= 0.6 is 27.7 Å². The molecule has 0 radical (unpaired) electrons. The van der Waals surface area contributed by atoms with Crippen molar-refractivity contribution in [3.8, 4) is 6.07 Å². The predicted octanol–water partition coefficient (Wildman–Crippen LogP) is 4.15. The SMILES string of the molecule is N#Cc1ccc(N2CCCN(C(=O)CSc3ccc(Br)cc3)CC2)cc1. The molecule has 0 unspecified atom stereocenters. The van der Waals surface area contributed by atoms with E-state index in [4.69, 9.17) is 5.26 Å². The second-order valence-corrected chi connectivity index (χ2v) is 8.09. The summed E-state index contributed by atoms with van der Waals surface area (Å²) in [6.07, 6.45) is 0.953. The van der Waals surface area contributed by atoms with E-state index in [1.54, 1.807) is 11.8 Å². The second-order valence-electron chi connectivity index (χ2n) is 6.12. The summed E-state index contributed by atoms with van der Waals surface area (Å²) in [7, 11) is 0. The lowest BCUT2D eigenvalue weighted by molar-refractivity contribution is -0.128. The fraction of sp³-hybridized carbons (Fsp3) is 0.300. The van der Waals surface area contributed by atoms with Crippen LogP contribution in [-0.4, -0.2) is 42.7 Å². The van der Waals surface area contributed by atoms with E-state index in [1.165, 1.54) is 0 Å². The van der Waals surface area contributed by atoms with Crippen molar-refractivity contribution in [3.63, 3.8) is 0 Å². The Morgan fingerprint density at radius 2 is 1.77 bits per heavy atom. The number of halogens is 1. The fourth-order valence-corrected chi connectivity index (χ4v) is 4.00. The molecule has 26 heavy (non-hydrogen) atoms. The van der Waals surface area contributed by atoms with Crippen LogP contribution in [0.4, 0.5) is 5.69 Å². The minimum Gasteiger partial charge on any atom is -0.370 e. The molecule has 1 aliphatic rings. The van der Waals surface area contributed by atoms with Crippen LogP contribution in [0.15, 0.2) is 57.9 Å². The molecule has 1 saturated heterocycles. The van der Waals surface area contributed by atoms with Crippen molar-refractivity contribution in [1.29, 1.82) is 5.26 Å². The van der Waals surface area contributed by atoms with E-state index in [9.17, 15) is 4.79 Å². The summed E-state index contributed by atoms with van der Waals surface area (Å²) in [6.45, 7) is 3.28. The van der Waals surface area contributed by atoms with Gasteiger partial charge in [0.2, 0.25) is 5.91 Å². The van der Waals surface area contributed by atoms with Gasteiger partial charge in [-0.2, -0.15) is 5.26 Å². The van der Waals surface area contributed by atoms with Crippen molar-refractivity contribution in [2.75, 3.05) is 36.8 Å². The number of nitriles is 1. The van der Waals surface area contributed by atoms with Crippen molar-refractivity contribution >= 4 is 39.3 Å². The third kappa shape index (κ3) is 5.03. The third-order valence-corrected chi connectivity index (χ3v) is 5.91. The molecule has 2 aromatic carbocycles. The fourth-order valence-electron chi connectivity index (χ4n) is 2.94. The summed E-state index contributed by atoms with van der Waals surface area (Å²) in [5.74, 6) is 0.665. The first-order valence-corrected chi connectivity index (χ1v) is 10.3. The number of hydrogen-bond donors (Lipinski definition) is 0. The lowest BCUT2D eigenvalue weighted by Gasteiger charge is -2.23. The maximum atomic E-state index is 12.6. The van der Waals surface area contributed by atoms with Crippen LogP contribution in [0.25, 0.3) is 0 Å². The molecule has 0 saturated carbocycles. The Bertz CT molecular complexity index is 786. The van der Waals surface area contributed by atoms with Gasteiger partial charge >= 0.3 is 0 Å². The van der Waals surface area contributed by atoms with Crippen LogP contribution in [0.1, 0.15) is 12.0 Å². The molecule has 1 fully saturated rings. The number of amides is 1. The number of rotatable bonds is 4. The zero-order valence-corrected chi connectivity index (χ0v) is 16.8. The number of nitrogens with zero attached hydrogens (tertiary/aromatic N) is 3. The van der Waals surface area contributed by atoms with Gasteiger partial charge in [0.05, 0.1) is 17.4 Å². The highest BCUT2D eigenvalue weighted by Crippen LogP contribution is 2.22. The molecule has 6 heteroatoms. The lowest BCUT2D eigenvalue weighted by Crippen LogP contribution is -2.36. The molecule has 134 valence electrons. The topological polar surface area (TPSA) is 47.3 Å². The van der Waals surface area contributed by atoms with Gasteiger partial charge in [0.25, 0.3) is 0 Å². The molecular weight excluding hydrogens is 410 g/mol. The van der Waals surface area contributed by atoms with Gasteiger partial charge in [-0.15, -0.1) is 11.8 Å². The van der Waals surface area contributed by atoms with Crippen LogP contribution in [0.2, 0.25) is 0 Å².